The summed E-state index contributed by atoms with van der Waals surface area (Å²) in [7, 11) is 0. The minimum Gasteiger partial charge on any atom is -0.360 e. The van der Waals surface area contributed by atoms with Crippen LogP contribution in [0.25, 0.3) is 0 Å². The van der Waals surface area contributed by atoms with Gasteiger partial charge in [-0.3, -0.25) is 9.59 Å². The quantitative estimate of drug-likeness (QED) is 0.794. The molecule has 0 bridgehead atoms. The second-order valence-corrected chi connectivity index (χ2v) is 5.44. The summed E-state index contributed by atoms with van der Waals surface area (Å²) < 4.78 is 4.85. The van der Waals surface area contributed by atoms with Crippen LogP contribution in [0, 0.1) is 6.92 Å². The lowest BCUT2D eigenvalue weighted by atomic mass is 10.4. The number of aromatic nitrogens is 1. The topological polar surface area (TPSA) is 84.2 Å². The first-order valence-corrected chi connectivity index (χ1v) is 7.20. The fourth-order valence-electron chi connectivity index (χ4n) is 1.24. The maximum atomic E-state index is 11.8. The number of carbonyl (C=O) groups excluding carboxylic acids is 2. The Kier molecular flexibility index (Phi) is 6.41. The summed E-state index contributed by atoms with van der Waals surface area (Å²) >= 11 is 1.29. The van der Waals surface area contributed by atoms with Gasteiger partial charge in [-0.2, -0.15) is 0 Å². The van der Waals surface area contributed by atoms with E-state index in [0.29, 0.717) is 18.1 Å². The summed E-state index contributed by atoms with van der Waals surface area (Å²) in [4.78, 5) is 23.2. The van der Waals surface area contributed by atoms with E-state index < -0.39 is 0 Å². The standard InChI is InChI=1S/C12H19N3O3S/c1-4-5-13-11(16)7-19-9(3)12(17)14-10-6-8(2)18-15-10/h6,9H,4-5,7H2,1-3H3,(H,13,16)(H,14,15,17). The van der Waals surface area contributed by atoms with Gasteiger partial charge in [0.1, 0.15) is 5.76 Å². The molecule has 1 aromatic heterocycles. The van der Waals surface area contributed by atoms with E-state index in [1.54, 1.807) is 19.9 Å². The number of hydrogen-bond donors (Lipinski definition) is 2. The monoisotopic (exact) mass is 285 g/mol. The molecule has 19 heavy (non-hydrogen) atoms. The van der Waals surface area contributed by atoms with Crippen molar-refractivity contribution in [2.45, 2.75) is 32.4 Å². The van der Waals surface area contributed by atoms with Crippen LogP contribution in [0.15, 0.2) is 10.6 Å². The summed E-state index contributed by atoms with van der Waals surface area (Å²) in [6.07, 6.45) is 0.901. The molecule has 7 heteroatoms. The van der Waals surface area contributed by atoms with Gasteiger partial charge in [-0.15, -0.1) is 11.8 Å². The molecule has 0 aliphatic rings. The molecular weight excluding hydrogens is 266 g/mol. The molecule has 1 unspecified atom stereocenters. The van der Waals surface area contributed by atoms with Gasteiger partial charge < -0.3 is 15.2 Å². The highest BCUT2D eigenvalue weighted by Gasteiger charge is 2.16. The van der Waals surface area contributed by atoms with E-state index in [1.807, 2.05) is 6.92 Å². The number of thioether (sulfide) groups is 1. The Hall–Kier alpha value is -1.50. The minimum atomic E-state index is -0.329. The van der Waals surface area contributed by atoms with Crippen LogP contribution in [0.2, 0.25) is 0 Å². The normalized spacial score (nSPS) is 11.9. The van der Waals surface area contributed by atoms with E-state index in [2.05, 4.69) is 15.8 Å². The number of carbonyl (C=O) groups is 2. The van der Waals surface area contributed by atoms with Crippen molar-refractivity contribution in [3.63, 3.8) is 0 Å². The Morgan fingerprint density at radius 1 is 1.53 bits per heavy atom. The smallest absolute Gasteiger partial charge is 0.238 e. The van der Waals surface area contributed by atoms with Gasteiger partial charge in [-0.1, -0.05) is 12.1 Å². The molecule has 0 fully saturated rings. The van der Waals surface area contributed by atoms with Gasteiger partial charge in [-0.25, -0.2) is 0 Å². The van der Waals surface area contributed by atoms with Crippen LogP contribution in [-0.4, -0.2) is 34.5 Å². The van der Waals surface area contributed by atoms with Crippen molar-refractivity contribution in [2.24, 2.45) is 0 Å². The molecule has 0 saturated carbocycles. The van der Waals surface area contributed by atoms with Gasteiger partial charge in [0.15, 0.2) is 5.82 Å². The number of anilines is 1. The molecule has 1 rings (SSSR count). The molecule has 1 aromatic rings. The Morgan fingerprint density at radius 2 is 2.26 bits per heavy atom. The number of rotatable bonds is 7. The van der Waals surface area contributed by atoms with Crippen LogP contribution in [0.1, 0.15) is 26.0 Å². The lowest BCUT2D eigenvalue weighted by Gasteiger charge is -2.10. The number of nitrogens with zero attached hydrogens (tertiary/aromatic N) is 1. The third-order valence-corrected chi connectivity index (χ3v) is 3.43. The summed E-state index contributed by atoms with van der Waals surface area (Å²) in [5.41, 5.74) is 0. The fraction of sp³-hybridized carbons (Fsp3) is 0.583. The van der Waals surface area contributed by atoms with E-state index in [1.165, 1.54) is 11.8 Å². The third kappa shape index (κ3) is 5.78. The zero-order valence-corrected chi connectivity index (χ0v) is 12.2. The van der Waals surface area contributed by atoms with Crippen LogP contribution < -0.4 is 10.6 Å². The lowest BCUT2D eigenvalue weighted by Crippen LogP contribution is -2.29. The second-order valence-electron chi connectivity index (χ2n) is 4.12. The second kappa shape index (κ2) is 7.83. The average molecular weight is 285 g/mol. The Morgan fingerprint density at radius 3 is 2.84 bits per heavy atom. The van der Waals surface area contributed by atoms with Crippen LogP contribution in [0.4, 0.5) is 5.82 Å². The SMILES string of the molecule is CCCNC(=O)CSC(C)C(=O)Nc1cc(C)on1. The molecule has 2 N–H and O–H groups in total. The van der Waals surface area contributed by atoms with Crippen LogP contribution >= 0.6 is 11.8 Å². The van der Waals surface area contributed by atoms with Crippen LogP contribution in [0.3, 0.4) is 0 Å². The van der Waals surface area contributed by atoms with Crippen molar-refractivity contribution >= 4 is 29.4 Å². The van der Waals surface area contributed by atoms with Gasteiger partial charge >= 0.3 is 0 Å². The Bertz CT molecular complexity index is 434. The van der Waals surface area contributed by atoms with Crippen molar-refractivity contribution in [1.29, 1.82) is 0 Å². The highest BCUT2D eigenvalue weighted by Crippen LogP contribution is 2.13. The maximum Gasteiger partial charge on any atom is 0.238 e. The van der Waals surface area contributed by atoms with Crippen molar-refractivity contribution in [3.05, 3.63) is 11.8 Å². The maximum absolute atomic E-state index is 11.8. The van der Waals surface area contributed by atoms with Crippen molar-refractivity contribution < 1.29 is 14.1 Å². The molecule has 0 aliphatic heterocycles. The zero-order valence-electron chi connectivity index (χ0n) is 11.4. The molecule has 0 radical (unpaired) electrons. The molecule has 1 atom stereocenters. The zero-order chi connectivity index (χ0) is 14.3. The summed E-state index contributed by atoms with van der Waals surface area (Å²) in [6.45, 7) is 6.15. The summed E-state index contributed by atoms with van der Waals surface area (Å²) in [6, 6.07) is 1.64. The predicted octanol–water partition coefficient (Wildman–Crippen LogP) is 1.57. The van der Waals surface area contributed by atoms with Crippen LogP contribution in [-0.2, 0) is 9.59 Å². The molecule has 1 heterocycles. The summed E-state index contributed by atoms with van der Waals surface area (Å²) in [5, 5.41) is 8.74. The van der Waals surface area contributed by atoms with Crippen molar-refractivity contribution in [1.82, 2.24) is 10.5 Å². The number of nitrogens with one attached hydrogen (secondary N) is 2. The summed E-state index contributed by atoms with van der Waals surface area (Å²) in [5.74, 6) is 1.05. The van der Waals surface area contributed by atoms with Crippen LogP contribution in [0.5, 0.6) is 0 Å². The first kappa shape index (κ1) is 15.6. The highest BCUT2D eigenvalue weighted by atomic mass is 32.2. The van der Waals surface area contributed by atoms with Gasteiger partial charge in [0.05, 0.1) is 11.0 Å². The molecule has 0 saturated heterocycles. The van der Waals surface area contributed by atoms with E-state index in [4.69, 9.17) is 4.52 Å². The van der Waals surface area contributed by atoms with E-state index in [0.717, 1.165) is 6.42 Å². The van der Waals surface area contributed by atoms with E-state index in [-0.39, 0.29) is 22.8 Å². The fourth-order valence-corrected chi connectivity index (χ4v) is 1.96. The predicted molar refractivity (Wildman–Crippen MR) is 75.1 cm³/mol. The number of hydrogen-bond acceptors (Lipinski definition) is 5. The molecule has 6 nitrogen and oxygen atoms in total. The van der Waals surface area contributed by atoms with Crippen molar-refractivity contribution in [3.8, 4) is 0 Å². The molecule has 0 aromatic carbocycles. The van der Waals surface area contributed by atoms with Gasteiger partial charge in [0.25, 0.3) is 0 Å². The lowest BCUT2D eigenvalue weighted by molar-refractivity contribution is -0.118. The molecule has 0 spiro atoms. The molecule has 0 aliphatic carbocycles. The molecule has 2 amide bonds. The Balaban J connectivity index is 2.30. The molecule has 106 valence electrons. The number of aryl methyl sites for hydroxylation is 1. The first-order valence-electron chi connectivity index (χ1n) is 6.15. The number of amides is 2. The molecular formula is C12H19N3O3S. The first-order chi connectivity index (χ1) is 9.02. The van der Waals surface area contributed by atoms with Gasteiger partial charge in [-0.05, 0) is 20.3 Å². The minimum absolute atomic E-state index is 0.0521. The largest absolute Gasteiger partial charge is 0.360 e. The van der Waals surface area contributed by atoms with Crippen molar-refractivity contribution in [2.75, 3.05) is 17.6 Å². The Labute approximate surface area is 116 Å². The van der Waals surface area contributed by atoms with E-state index in [9.17, 15) is 9.59 Å². The van der Waals surface area contributed by atoms with E-state index >= 15 is 0 Å². The van der Waals surface area contributed by atoms with Gasteiger partial charge in [0, 0.05) is 12.6 Å². The third-order valence-electron chi connectivity index (χ3n) is 2.29. The van der Waals surface area contributed by atoms with Gasteiger partial charge in [0.2, 0.25) is 11.8 Å². The average Bonchev–Trinajstić information content (AvgIpc) is 2.78. The highest BCUT2D eigenvalue weighted by molar-refractivity contribution is 8.01.